The molecule has 1 N–H and O–H groups in total. The van der Waals surface area contributed by atoms with Crippen LogP contribution in [-0.2, 0) is 14.3 Å². The molecule has 0 aromatic heterocycles. The molecule has 0 aliphatic rings. The first-order chi connectivity index (χ1) is 20.6. The number of aliphatic carboxylic acids is 1. The summed E-state index contributed by atoms with van der Waals surface area (Å²) < 4.78 is 5.95. The predicted octanol–water partition coefficient (Wildman–Crippen LogP) is 12.9. The van der Waals surface area contributed by atoms with Crippen LogP contribution in [0.1, 0.15) is 226 Å². The Bertz CT molecular complexity index is 561. The third-order valence-electron chi connectivity index (χ3n) is 8.83. The summed E-state index contributed by atoms with van der Waals surface area (Å²) in [6.45, 7) is 4.54. The van der Waals surface area contributed by atoms with Gasteiger partial charge in [-0.1, -0.05) is 174 Å². The van der Waals surface area contributed by atoms with Crippen LogP contribution >= 0.6 is 0 Å². The highest BCUT2D eigenvalue weighted by Gasteiger charge is 2.14. The van der Waals surface area contributed by atoms with E-state index in [-0.39, 0.29) is 18.5 Å². The molecule has 250 valence electrons. The van der Waals surface area contributed by atoms with Crippen molar-refractivity contribution >= 4 is 11.9 Å². The summed E-state index contributed by atoms with van der Waals surface area (Å²) in [6.07, 6.45) is 39.9. The lowest BCUT2D eigenvalue weighted by Gasteiger charge is -2.18. The molecule has 0 heterocycles. The molecular formula is C38H74O4. The van der Waals surface area contributed by atoms with Gasteiger partial charge in [-0.25, -0.2) is 0 Å². The number of carboxylic acids is 1. The Labute approximate surface area is 262 Å². The van der Waals surface area contributed by atoms with Crippen LogP contribution in [0.2, 0.25) is 0 Å². The monoisotopic (exact) mass is 595 g/mol. The van der Waals surface area contributed by atoms with Gasteiger partial charge < -0.3 is 9.84 Å². The molecule has 4 heteroatoms. The first-order valence-electron chi connectivity index (χ1n) is 19.0. The van der Waals surface area contributed by atoms with Gasteiger partial charge in [0.1, 0.15) is 6.10 Å². The molecule has 1 atom stereocenters. The maximum Gasteiger partial charge on any atom is 0.306 e. The number of rotatable bonds is 35. The molecule has 1 unspecified atom stereocenters. The van der Waals surface area contributed by atoms with E-state index in [1.165, 1.54) is 135 Å². The summed E-state index contributed by atoms with van der Waals surface area (Å²) in [5.41, 5.74) is 0. The van der Waals surface area contributed by atoms with Gasteiger partial charge in [0.2, 0.25) is 0 Å². The van der Waals surface area contributed by atoms with E-state index in [9.17, 15) is 9.59 Å². The second-order valence-electron chi connectivity index (χ2n) is 13.1. The number of ether oxygens (including phenoxy) is 1. The minimum atomic E-state index is -0.698. The highest BCUT2D eigenvalue weighted by molar-refractivity contribution is 5.69. The summed E-state index contributed by atoms with van der Waals surface area (Å²) in [6, 6.07) is 0. The van der Waals surface area contributed by atoms with Crippen LogP contribution in [0.5, 0.6) is 0 Å². The zero-order chi connectivity index (χ0) is 30.8. The van der Waals surface area contributed by atoms with Crippen LogP contribution in [-0.4, -0.2) is 23.1 Å². The first-order valence-corrected chi connectivity index (χ1v) is 19.0. The molecule has 0 saturated heterocycles. The lowest BCUT2D eigenvalue weighted by atomic mass is 10.0. The minimum absolute atomic E-state index is 0.00364. The van der Waals surface area contributed by atoms with Gasteiger partial charge in [0, 0.05) is 12.8 Å². The highest BCUT2D eigenvalue weighted by atomic mass is 16.5. The smallest absolute Gasteiger partial charge is 0.306 e. The maximum atomic E-state index is 12.6. The normalized spacial score (nSPS) is 12.0. The molecular weight excluding hydrogens is 520 g/mol. The Hall–Kier alpha value is -1.06. The number of hydrogen-bond donors (Lipinski definition) is 1. The van der Waals surface area contributed by atoms with E-state index in [2.05, 4.69) is 13.8 Å². The molecule has 0 radical (unpaired) electrons. The Morgan fingerprint density at radius 3 is 1.05 bits per heavy atom. The quantitative estimate of drug-likeness (QED) is 0.0585. The SMILES string of the molecule is CCCCCCCCCCCCCCCCCCCCC(=O)OC(CCCCCCCC)CCCCCCCC(=O)O. The van der Waals surface area contributed by atoms with Crippen molar-refractivity contribution in [1.82, 2.24) is 0 Å². The van der Waals surface area contributed by atoms with Crippen LogP contribution in [0, 0.1) is 0 Å². The average molecular weight is 595 g/mol. The Morgan fingerprint density at radius 1 is 0.429 bits per heavy atom. The predicted molar refractivity (Wildman–Crippen MR) is 181 cm³/mol. The number of carbonyl (C=O) groups is 2. The van der Waals surface area contributed by atoms with Gasteiger partial charge in [-0.05, 0) is 38.5 Å². The molecule has 0 aliphatic heterocycles. The van der Waals surface area contributed by atoms with E-state index in [1.807, 2.05) is 0 Å². The second-order valence-corrected chi connectivity index (χ2v) is 13.1. The molecule has 42 heavy (non-hydrogen) atoms. The van der Waals surface area contributed by atoms with E-state index in [1.54, 1.807) is 0 Å². The molecule has 0 aromatic rings. The molecule has 0 aliphatic carbocycles. The summed E-state index contributed by atoms with van der Waals surface area (Å²) >= 11 is 0. The van der Waals surface area contributed by atoms with Crippen LogP contribution < -0.4 is 0 Å². The van der Waals surface area contributed by atoms with Crippen LogP contribution in [0.3, 0.4) is 0 Å². The van der Waals surface area contributed by atoms with Crippen molar-refractivity contribution in [3.63, 3.8) is 0 Å². The van der Waals surface area contributed by atoms with Gasteiger partial charge in [0.05, 0.1) is 0 Å². The number of unbranched alkanes of at least 4 members (excludes halogenated alkanes) is 26. The number of hydrogen-bond acceptors (Lipinski definition) is 3. The third-order valence-corrected chi connectivity index (χ3v) is 8.83. The number of esters is 1. The zero-order valence-electron chi connectivity index (χ0n) is 28.6. The summed E-state index contributed by atoms with van der Waals surface area (Å²) in [4.78, 5) is 23.2. The van der Waals surface area contributed by atoms with Gasteiger partial charge >= 0.3 is 11.9 Å². The van der Waals surface area contributed by atoms with Crippen molar-refractivity contribution in [3.8, 4) is 0 Å². The van der Waals surface area contributed by atoms with Crippen LogP contribution in [0.25, 0.3) is 0 Å². The van der Waals surface area contributed by atoms with Crippen LogP contribution in [0.15, 0.2) is 0 Å². The van der Waals surface area contributed by atoms with E-state index in [0.717, 1.165) is 64.2 Å². The molecule has 0 rings (SSSR count). The fraction of sp³-hybridized carbons (Fsp3) is 0.947. The molecule has 0 amide bonds. The number of carboxylic acid groups (broad SMARTS) is 1. The van der Waals surface area contributed by atoms with Gasteiger partial charge in [-0.3, -0.25) is 9.59 Å². The van der Waals surface area contributed by atoms with E-state index < -0.39 is 5.97 Å². The van der Waals surface area contributed by atoms with Gasteiger partial charge in [0.15, 0.2) is 0 Å². The molecule has 4 nitrogen and oxygen atoms in total. The Balaban J connectivity index is 3.77. The third kappa shape index (κ3) is 33.4. The fourth-order valence-corrected chi connectivity index (χ4v) is 6.01. The summed E-state index contributed by atoms with van der Waals surface area (Å²) in [5.74, 6) is -0.695. The summed E-state index contributed by atoms with van der Waals surface area (Å²) in [7, 11) is 0. The Morgan fingerprint density at radius 2 is 0.714 bits per heavy atom. The maximum absolute atomic E-state index is 12.6. The van der Waals surface area contributed by atoms with Crippen molar-refractivity contribution in [1.29, 1.82) is 0 Å². The van der Waals surface area contributed by atoms with Crippen molar-refractivity contribution in [2.24, 2.45) is 0 Å². The topological polar surface area (TPSA) is 63.6 Å². The average Bonchev–Trinajstić information content (AvgIpc) is 2.97. The lowest BCUT2D eigenvalue weighted by Crippen LogP contribution is -2.18. The minimum Gasteiger partial charge on any atom is -0.481 e. The standard InChI is InChI=1S/C38H74O4/c1-3-5-7-9-11-12-13-14-15-16-17-18-19-20-21-22-27-31-35-38(41)42-36(32-28-24-10-8-6-4-2)33-29-25-23-26-30-34-37(39)40/h36H,3-35H2,1-2H3,(H,39,40). The molecule has 0 spiro atoms. The molecule has 0 fully saturated rings. The van der Waals surface area contributed by atoms with E-state index in [0.29, 0.717) is 6.42 Å². The summed E-state index contributed by atoms with van der Waals surface area (Å²) in [5, 5.41) is 8.77. The van der Waals surface area contributed by atoms with Crippen molar-refractivity contribution < 1.29 is 19.4 Å². The first kappa shape index (κ1) is 40.9. The fourth-order valence-electron chi connectivity index (χ4n) is 6.01. The van der Waals surface area contributed by atoms with Gasteiger partial charge in [-0.15, -0.1) is 0 Å². The van der Waals surface area contributed by atoms with E-state index >= 15 is 0 Å². The Kier molecular flexibility index (Phi) is 33.6. The highest BCUT2D eigenvalue weighted by Crippen LogP contribution is 2.19. The van der Waals surface area contributed by atoms with Crippen molar-refractivity contribution in [3.05, 3.63) is 0 Å². The zero-order valence-corrected chi connectivity index (χ0v) is 28.6. The largest absolute Gasteiger partial charge is 0.481 e. The van der Waals surface area contributed by atoms with Crippen molar-refractivity contribution in [2.45, 2.75) is 232 Å². The van der Waals surface area contributed by atoms with Crippen LogP contribution in [0.4, 0.5) is 0 Å². The van der Waals surface area contributed by atoms with Gasteiger partial charge in [-0.2, -0.15) is 0 Å². The second kappa shape index (κ2) is 34.4. The molecule has 0 bridgehead atoms. The van der Waals surface area contributed by atoms with Crippen molar-refractivity contribution in [2.75, 3.05) is 0 Å². The van der Waals surface area contributed by atoms with E-state index in [4.69, 9.17) is 9.84 Å². The van der Waals surface area contributed by atoms with Gasteiger partial charge in [0.25, 0.3) is 0 Å². The molecule has 0 saturated carbocycles. The molecule has 0 aromatic carbocycles. The number of carbonyl (C=O) groups excluding carboxylic acids is 1. The lowest BCUT2D eigenvalue weighted by molar-refractivity contribution is -0.150.